The molecule has 4 heteroatoms. The first kappa shape index (κ1) is 12.2. The Morgan fingerprint density at radius 2 is 2.20 bits per heavy atom. The standard InChI is InChI=1S/C11H18N2OS/c1-11(2,7-12-3)8-13-10(14)9-5-4-6-15-9/h4-6,12H,7-8H2,1-3H3,(H,13,14). The van der Waals surface area contributed by atoms with E-state index < -0.39 is 0 Å². The molecule has 1 heterocycles. The summed E-state index contributed by atoms with van der Waals surface area (Å²) in [4.78, 5) is 12.4. The van der Waals surface area contributed by atoms with E-state index in [0.29, 0.717) is 6.54 Å². The molecule has 2 N–H and O–H groups in total. The Labute approximate surface area is 94.9 Å². The van der Waals surface area contributed by atoms with E-state index in [0.717, 1.165) is 11.4 Å². The molecule has 0 fully saturated rings. The highest BCUT2D eigenvalue weighted by atomic mass is 32.1. The van der Waals surface area contributed by atoms with Crippen molar-refractivity contribution in [3.63, 3.8) is 0 Å². The summed E-state index contributed by atoms with van der Waals surface area (Å²) >= 11 is 1.47. The zero-order valence-electron chi connectivity index (χ0n) is 9.46. The molecule has 0 saturated carbocycles. The van der Waals surface area contributed by atoms with Gasteiger partial charge in [-0.15, -0.1) is 11.3 Å². The summed E-state index contributed by atoms with van der Waals surface area (Å²) in [5.74, 6) is 0.0224. The van der Waals surface area contributed by atoms with E-state index in [1.165, 1.54) is 11.3 Å². The van der Waals surface area contributed by atoms with E-state index in [2.05, 4.69) is 24.5 Å². The third-order valence-corrected chi connectivity index (χ3v) is 3.00. The number of amides is 1. The Balaban J connectivity index is 2.40. The molecule has 15 heavy (non-hydrogen) atoms. The van der Waals surface area contributed by atoms with Gasteiger partial charge in [0.15, 0.2) is 0 Å². The van der Waals surface area contributed by atoms with E-state index >= 15 is 0 Å². The van der Waals surface area contributed by atoms with Crippen LogP contribution < -0.4 is 10.6 Å². The quantitative estimate of drug-likeness (QED) is 0.802. The lowest BCUT2D eigenvalue weighted by Crippen LogP contribution is -2.39. The highest BCUT2D eigenvalue weighted by Gasteiger charge is 2.18. The van der Waals surface area contributed by atoms with E-state index in [4.69, 9.17) is 0 Å². The maximum absolute atomic E-state index is 11.6. The van der Waals surface area contributed by atoms with Crippen molar-refractivity contribution in [2.45, 2.75) is 13.8 Å². The first-order valence-corrected chi connectivity index (χ1v) is 5.89. The number of rotatable bonds is 5. The minimum absolute atomic E-state index is 0.0224. The van der Waals surface area contributed by atoms with E-state index in [-0.39, 0.29) is 11.3 Å². The second-order valence-electron chi connectivity index (χ2n) is 4.35. The van der Waals surface area contributed by atoms with Crippen LogP contribution in [0.15, 0.2) is 17.5 Å². The van der Waals surface area contributed by atoms with E-state index in [9.17, 15) is 4.79 Å². The van der Waals surface area contributed by atoms with Crippen LogP contribution in [0.1, 0.15) is 23.5 Å². The highest BCUT2D eigenvalue weighted by Crippen LogP contribution is 2.13. The van der Waals surface area contributed by atoms with Crippen molar-refractivity contribution < 1.29 is 4.79 Å². The lowest BCUT2D eigenvalue weighted by atomic mass is 9.93. The van der Waals surface area contributed by atoms with Crippen LogP contribution >= 0.6 is 11.3 Å². The molecule has 0 saturated heterocycles. The van der Waals surface area contributed by atoms with Gasteiger partial charge >= 0.3 is 0 Å². The fraction of sp³-hybridized carbons (Fsp3) is 0.545. The van der Waals surface area contributed by atoms with Crippen LogP contribution in [0, 0.1) is 5.41 Å². The predicted octanol–water partition coefficient (Wildman–Crippen LogP) is 1.72. The summed E-state index contributed by atoms with van der Waals surface area (Å²) in [6.07, 6.45) is 0. The van der Waals surface area contributed by atoms with E-state index in [1.807, 2.05) is 24.6 Å². The normalized spacial score (nSPS) is 11.4. The molecule has 84 valence electrons. The molecule has 0 spiro atoms. The highest BCUT2D eigenvalue weighted by molar-refractivity contribution is 7.12. The minimum Gasteiger partial charge on any atom is -0.351 e. The van der Waals surface area contributed by atoms with Crippen LogP contribution in [0.3, 0.4) is 0 Å². The Hall–Kier alpha value is -0.870. The second-order valence-corrected chi connectivity index (χ2v) is 5.30. The number of hydrogen-bond acceptors (Lipinski definition) is 3. The monoisotopic (exact) mass is 226 g/mol. The molecule has 3 nitrogen and oxygen atoms in total. The maximum Gasteiger partial charge on any atom is 0.261 e. The molecule has 0 aliphatic heterocycles. The summed E-state index contributed by atoms with van der Waals surface area (Å²) in [5.41, 5.74) is 0.0850. The molecule has 1 aromatic heterocycles. The van der Waals surface area contributed by atoms with Gasteiger partial charge in [-0.05, 0) is 23.9 Å². The molecular weight excluding hydrogens is 208 g/mol. The van der Waals surface area contributed by atoms with E-state index in [1.54, 1.807) is 0 Å². The van der Waals surface area contributed by atoms with Gasteiger partial charge in [-0.1, -0.05) is 19.9 Å². The molecule has 0 bridgehead atoms. The Morgan fingerprint density at radius 3 is 2.73 bits per heavy atom. The fourth-order valence-corrected chi connectivity index (χ4v) is 2.00. The third-order valence-electron chi connectivity index (χ3n) is 2.13. The molecule has 1 aromatic rings. The summed E-state index contributed by atoms with van der Waals surface area (Å²) in [6.45, 7) is 5.82. The first-order chi connectivity index (χ1) is 7.05. The van der Waals surface area contributed by atoms with Crippen molar-refractivity contribution in [3.05, 3.63) is 22.4 Å². The van der Waals surface area contributed by atoms with Crippen molar-refractivity contribution in [3.8, 4) is 0 Å². The van der Waals surface area contributed by atoms with Gasteiger partial charge in [-0.3, -0.25) is 4.79 Å². The molecule has 1 amide bonds. The number of thiophene rings is 1. The SMILES string of the molecule is CNCC(C)(C)CNC(=O)c1cccs1. The number of hydrogen-bond donors (Lipinski definition) is 2. The summed E-state index contributed by atoms with van der Waals surface area (Å²) in [6, 6.07) is 3.73. The van der Waals surface area contributed by atoms with Gasteiger partial charge < -0.3 is 10.6 Å². The smallest absolute Gasteiger partial charge is 0.261 e. The minimum atomic E-state index is 0.0224. The molecule has 0 unspecified atom stereocenters. The third kappa shape index (κ3) is 4.01. The van der Waals surface area contributed by atoms with Gasteiger partial charge in [0.05, 0.1) is 4.88 Å². The molecule has 0 aromatic carbocycles. The summed E-state index contributed by atoms with van der Waals surface area (Å²) in [5, 5.41) is 7.97. The lowest BCUT2D eigenvalue weighted by molar-refractivity contribution is 0.0940. The average molecular weight is 226 g/mol. The van der Waals surface area contributed by atoms with Crippen molar-refractivity contribution in [2.24, 2.45) is 5.41 Å². The lowest BCUT2D eigenvalue weighted by Gasteiger charge is -2.24. The van der Waals surface area contributed by atoms with Crippen molar-refractivity contribution in [1.82, 2.24) is 10.6 Å². The Kier molecular flexibility index (Phi) is 4.29. The van der Waals surface area contributed by atoms with Crippen molar-refractivity contribution in [1.29, 1.82) is 0 Å². The summed E-state index contributed by atoms with van der Waals surface area (Å²) < 4.78 is 0. The maximum atomic E-state index is 11.6. The molecule has 0 aliphatic rings. The molecule has 0 aliphatic carbocycles. The molecule has 1 rings (SSSR count). The zero-order chi connectivity index (χ0) is 11.3. The van der Waals surface area contributed by atoms with Crippen LogP contribution in [0.5, 0.6) is 0 Å². The van der Waals surface area contributed by atoms with Gasteiger partial charge in [0.2, 0.25) is 0 Å². The van der Waals surface area contributed by atoms with Gasteiger partial charge in [0, 0.05) is 13.1 Å². The molecule has 0 atom stereocenters. The number of nitrogens with one attached hydrogen (secondary N) is 2. The number of carbonyl (C=O) groups excluding carboxylic acids is 1. The van der Waals surface area contributed by atoms with Gasteiger partial charge in [0.1, 0.15) is 0 Å². The van der Waals surface area contributed by atoms with Gasteiger partial charge in [-0.25, -0.2) is 0 Å². The van der Waals surface area contributed by atoms with Crippen molar-refractivity contribution >= 4 is 17.2 Å². The van der Waals surface area contributed by atoms with Gasteiger partial charge in [0.25, 0.3) is 5.91 Å². The van der Waals surface area contributed by atoms with Crippen LogP contribution in [0.4, 0.5) is 0 Å². The predicted molar refractivity (Wildman–Crippen MR) is 64.4 cm³/mol. The first-order valence-electron chi connectivity index (χ1n) is 5.01. The average Bonchev–Trinajstić information content (AvgIpc) is 2.67. The fourth-order valence-electron chi connectivity index (χ4n) is 1.36. The van der Waals surface area contributed by atoms with Crippen LogP contribution in [-0.4, -0.2) is 26.0 Å². The van der Waals surface area contributed by atoms with Crippen LogP contribution in [0.2, 0.25) is 0 Å². The summed E-state index contributed by atoms with van der Waals surface area (Å²) in [7, 11) is 1.92. The van der Waals surface area contributed by atoms with Crippen molar-refractivity contribution in [2.75, 3.05) is 20.1 Å². The largest absolute Gasteiger partial charge is 0.351 e. The Morgan fingerprint density at radius 1 is 1.47 bits per heavy atom. The topological polar surface area (TPSA) is 41.1 Å². The zero-order valence-corrected chi connectivity index (χ0v) is 10.3. The molecular formula is C11H18N2OS. The Bertz CT molecular complexity index is 306. The number of carbonyl (C=O) groups is 1. The van der Waals surface area contributed by atoms with Crippen LogP contribution in [-0.2, 0) is 0 Å². The van der Waals surface area contributed by atoms with Gasteiger partial charge in [-0.2, -0.15) is 0 Å². The molecule has 0 radical (unpaired) electrons. The van der Waals surface area contributed by atoms with Crippen LogP contribution in [0.25, 0.3) is 0 Å². The second kappa shape index (κ2) is 5.28.